The molecule has 0 fully saturated rings. The van der Waals surface area contributed by atoms with Gasteiger partial charge < -0.3 is 24.6 Å². The summed E-state index contributed by atoms with van der Waals surface area (Å²) in [5, 5.41) is 15.9. The Bertz CT molecular complexity index is 778. The molecular weight excluding hydrogens is 358 g/mol. The first kappa shape index (κ1) is 22.1. The van der Waals surface area contributed by atoms with Crippen LogP contribution >= 0.6 is 0 Å². The van der Waals surface area contributed by atoms with Crippen LogP contribution in [0.2, 0.25) is 0 Å². The maximum Gasteiger partial charge on any atom is 0.408 e. The number of ether oxygens (including phenoxy) is 3. The smallest absolute Gasteiger partial charge is 0.408 e. The SMILES string of the molecule is CCOC(O)(OCC)C(Cc1ccc2ccccc2c1)NC(=O)OC(C)(C)C. The fourth-order valence-corrected chi connectivity index (χ4v) is 2.98. The molecule has 28 heavy (non-hydrogen) atoms. The highest BCUT2D eigenvalue weighted by atomic mass is 16.8. The summed E-state index contributed by atoms with van der Waals surface area (Å²) in [7, 11) is 0. The van der Waals surface area contributed by atoms with Crippen LogP contribution < -0.4 is 5.32 Å². The first-order valence-corrected chi connectivity index (χ1v) is 9.64. The fraction of sp³-hybridized carbons (Fsp3) is 0.500. The normalized spacial score (nSPS) is 13.4. The number of carbonyl (C=O) groups excluding carboxylic acids is 1. The topological polar surface area (TPSA) is 77.0 Å². The van der Waals surface area contributed by atoms with Gasteiger partial charge in [0.25, 0.3) is 0 Å². The standard InChI is InChI=1S/C22H31NO5/c1-6-26-22(25,27-7-2)19(23-20(24)28-21(3,4)5)15-16-12-13-17-10-8-9-11-18(17)14-16/h8-14,19,25H,6-7,15H2,1-5H3,(H,23,24). The first-order valence-electron chi connectivity index (χ1n) is 9.64. The number of hydrogen-bond acceptors (Lipinski definition) is 5. The van der Waals surface area contributed by atoms with Crippen molar-refractivity contribution in [2.75, 3.05) is 13.2 Å². The van der Waals surface area contributed by atoms with E-state index in [-0.39, 0.29) is 13.2 Å². The number of fused-ring (bicyclic) bond motifs is 1. The van der Waals surface area contributed by atoms with Gasteiger partial charge in [-0.1, -0.05) is 42.5 Å². The summed E-state index contributed by atoms with van der Waals surface area (Å²) in [6.45, 7) is 9.29. The van der Waals surface area contributed by atoms with Crippen LogP contribution in [0.3, 0.4) is 0 Å². The van der Waals surface area contributed by atoms with Crippen LogP contribution in [0, 0.1) is 0 Å². The zero-order chi connectivity index (χ0) is 20.8. The zero-order valence-corrected chi connectivity index (χ0v) is 17.3. The molecule has 0 radical (unpaired) electrons. The third kappa shape index (κ3) is 6.19. The quantitative estimate of drug-likeness (QED) is 0.668. The van der Waals surface area contributed by atoms with E-state index < -0.39 is 23.7 Å². The number of alkyl carbamates (subject to hydrolysis) is 1. The van der Waals surface area contributed by atoms with Crippen molar-refractivity contribution in [3.8, 4) is 0 Å². The monoisotopic (exact) mass is 389 g/mol. The molecule has 0 spiro atoms. The summed E-state index contributed by atoms with van der Waals surface area (Å²) in [5.74, 6) is -1.97. The minimum Gasteiger partial charge on any atom is -0.444 e. The van der Waals surface area contributed by atoms with E-state index in [1.807, 2.05) is 42.5 Å². The summed E-state index contributed by atoms with van der Waals surface area (Å²) < 4.78 is 16.3. The molecule has 0 aromatic heterocycles. The number of amides is 1. The molecule has 2 aromatic carbocycles. The largest absolute Gasteiger partial charge is 0.444 e. The van der Waals surface area contributed by atoms with Gasteiger partial charge in [0.05, 0.1) is 0 Å². The summed E-state index contributed by atoms with van der Waals surface area (Å²) in [4.78, 5) is 12.4. The molecule has 0 bridgehead atoms. The third-order valence-corrected chi connectivity index (χ3v) is 4.09. The van der Waals surface area contributed by atoms with E-state index in [0.717, 1.165) is 16.3 Å². The summed E-state index contributed by atoms with van der Waals surface area (Å²) in [5.41, 5.74) is 0.269. The highest BCUT2D eigenvalue weighted by Gasteiger charge is 2.41. The lowest BCUT2D eigenvalue weighted by molar-refractivity contribution is -0.370. The van der Waals surface area contributed by atoms with Gasteiger partial charge in [-0.15, -0.1) is 0 Å². The molecule has 154 valence electrons. The van der Waals surface area contributed by atoms with Crippen LogP contribution in [0.1, 0.15) is 40.2 Å². The van der Waals surface area contributed by atoms with Crippen LogP contribution in [-0.4, -0.2) is 42.0 Å². The highest BCUT2D eigenvalue weighted by Crippen LogP contribution is 2.23. The van der Waals surface area contributed by atoms with Crippen molar-refractivity contribution in [2.45, 2.75) is 58.7 Å². The molecule has 0 heterocycles. The van der Waals surface area contributed by atoms with Crippen molar-refractivity contribution in [3.63, 3.8) is 0 Å². The Morgan fingerprint density at radius 2 is 1.64 bits per heavy atom. The number of rotatable bonds is 8. The molecule has 0 saturated carbocycles. The summed E-state index contributed by atoms with van der Waals surface area (Å²) in [6.07, 6.45) is -0.336. The summed E-state index contributed by atoms with van der Waals surface area (Å²) >= 11 is 0. The molecule has 0 aliphatic heterocycles. The van der Waals surface area contributed by atoms with Gasteiger partial charge in [-0.25, -0.2) is 4.79 Å². The van der Waals surface area contributed by atoms with Crippen molar-refractivity contribution in [1.29, 1.82) is 0 Å². The summed E-state index contributed by atoms with van der Waals surface area (Å²) in [6, 6.07) is 13.1. The van der Waals surface area contributed by atoms with Crippen molar-refractivity contribution in [2.24, 2.45) is 0 Å². The molecule has 0 saturated heterocycles. The van der Waals surface area contributed by atoms with Gasteiger partial charge in [0, 0.05) is 19.6 Å². The minimum atomic E-state index is -1.97. The second-order valence-electron chi connectivity index (χ2n) is 7.58. The molecule has 2 aromatic rings. The number of carbonyl (C=O) groups is 1. The first-order chi connectivity index (χ1) is 13.2. The molecule has 1 atom stereocenters. The lowest BCUT2D eigenvalue weighted by Crippen LogP contribution is -2.57. The average Bonchev–Trinajstić information content (AvgIpc) is 2.60. The molecule has 2 rings (SSSR count). The Hall–Kier alpha value is -2.15. The van der Waals surface area contributed by atoms with Gasteiger partial charge >= 0.3 is 12.1 Å². The number of benzene rings is 2. The van der Waals surface area contributed by atoms with Crippen LogP contribution in [0.4, 0.5) is 4.79 Å². The second-order valence-corrected chi connectivity index (χ2v) is 7.58. The lowest BCUT2D eigenvalue weighted by Gasteiger charge is -2.35. The van der Waals surface area contributed by atoms with Crippen molar-refractivity contribution in [3.05, 3.63) is 48.0 Å². The predicted molar refractivity (Wildman–Crippen MR) is 109 cm³/mol. The van der Waals surface area contributed by atoms with E-state index in [2.05, 4.69) is 5.32 Å². The molecule has 0 aliphatic carbocycles. The van der Waals surface area contributed by atoms with Crippen LogP contribution in [0.15, 0.2) is 42.5 Å². The van der Waals surface area contributed by atoms with Crippen LogP contribution in [0.25, 0.3) is 10.8 Å². The van der Waals surface area contributed by atoms with E-state index in [1.54, 1.807) is 34.6 Å². The van der Waals surface area contributed by atoms with E-state index >= 15 is 0 Å². The van der Waals surface area contributed by atoms with Gasteiger partial charge in [-0.2, -0.15) is 0 Å². The average molecular weight is 389 g/mol. The molecule has 6 heteroatoms. The van der Waals surface area contributed by atoms with Gasteiger partial charge in [0.2, 0.25) is 0 Å². The molecule has 1 amide bonds. The van der Waals surface area contributed by atoms with Gasteiger partial charge in [-0.3, -0.25) is 0 Å². The number of aliphatic hydroxyl groups is 1. The van der Waals surface area contributed by atoms with E-state index in [9.17, 15) is 9.90 Å². The van der Waals surface area contributed by atoms with Crippen molar-refractivity contribution < 1.29 is 24.1 Å². The third-order valence-electron chi connectivity index (χ3n) is 4.09. The van der Waals surface area contributed by atoms with E-state index in [4.69, 9.17) is 14.2 Å². The molecule has 6 nitrogen and oxygen atoms in total. The molecule has 2 N–H and O–H groups in total. The van der Waals surface area contributed by atoms with Gasteiger partial charge in [-0.05, 0) is 51.0 Å². The Labute approximate surface area is 166 Å². The maximum absolute atomic E-state index is 12.4. The maximum atomic E-state index is 12.4. The van der Waals surface area contributed by atoms with Crippen LogP contribution in [0.5, 0.6) is 0 Å². The number of hydrogen-bond donors (Lipinski definition) is 2. The second kappa shape index (κ2) is 9.37. The number of nitrogens with one attached hydrogen (secondary N) is 1. The van der Waals surface area contributed by atoms with E-state index in [0.29, 0.717) is 6.42 Å². The van der Waals surface area contributed by atoms with Crippen molar-refractivity contribution >= 4 is 16.9 Å². The lowest BCUT2D eigenvalue weighted by atomic mass is 10.0. The Morgan fingerprint density at radius 1 is 1.04 bits per heavy atom. The highest BCUT2D eigenvalue weighted by molar-refractivity contribution is 5.83. The Balaban J connectivity index is 2.30. The molecule has 1 unspecified atom stereocenters. The molecule has 0 aliphatic rings. The fourth-order valence-electron chi connectivity index (χ4n) is 2.98. The Kier molecular flexibility index (Phi) is 7.41. The predicted octanol–water partition coefficient (Wildman–Crippen LogP) is 3.99. The molecular formula is C22H31NO5. The van der Waals surface area contributed by atoms with E-state index in [1.165, 1.54) is 0 Å². The van der Waals surface area contributed by atoms with Crippen LogP contribution in [-0.2, 0) is 20.6 Å². The Morgan fingerprint density at radius 3 is 2.21 bits per heavy atom. The minimum absolute atomic E-state index is 0.223. The van der Waals surface area contributed by atoms with Gasteiger partial charge in [0.15, 0.2) is 0 Å². The van der Waals surface area contributed by atoms with Crippen molar-refractivity contribution in [1.82, 2.24) is 5.32 Å². The van der Waals surface area contributed by atoms with Gasteiger partial charge in [0.1, 0.15) is 11.6 Å². The zero-order valence-electron chi connectivity index (χ0n) is 17.3.